The van der Waals surface area contributed by atoms with E-state index < -0.39 is 0 Å². The smallest absolute Gasteiger partial charge is 0.0138 e. The molecule has 0 aliphatic rings. The van der Waals surface area contributed by atoms with Crippen LogP contribution in [0.5, 0.6) is 17.2 Å². The second-order valence-corrected chi connectivity index (χ2v) is 21.0. The number of hydrogen-bond acceptors (Lipinski definition) is 3. The van der Waals surface area contributed by atoms with Crippen molar-refractivity contribution in [2.75, 3.05) is 0 Å². The van der Waals surface area contributed by atoms with Gasteiger partial charge in [-0.2, -0.15) is 0 Å². The topological polar surface area (TPSA) is 69.2 Å². The van der Waals surface area contributed by atoms with E-state index in [1.165, 1.54) is 0 Å². The van der Waals surface area contributed by atoms with E-state index in [1.54, 1.807) is 0 Å². The standard InChI is InChI=1S/C48H66O3/c1-43(2,3)34-22-31(23-35(40(34)49)44(4,5)6)28-19-29(32-24-36(45(7,8)9)41(50)37(25-32)46(10,11)12)21-30(20-28)33-26-38(47(13,14)15)42(51)39(27-33)48(16,17)18/h19-27,49-51H,1-18H3/p-3. The molecular weight excluding hydrogens is 625 g/mol. The summed E-state index contributed by atoms with van der Waals surface area (Å²) < 4.78 is 0. The Morgan fingerprint density at radius 2 is 0.353 bits per heavy atom. The van der Waals surface area contributed by atoms with E-state index >= 15 is 0 Å². The molecule has 3 heteroatoms. The Labute approximate surface area is 310 Å². The normalized spacial score (nSPS) is 13.5. The van der Waals surface area contributed by atoms with E-state index in [0.717, 1.165) is 66.8 Å². The molecule has 0 aliphatic carbocycles. The van der Waals surface area contributed by atoms with Gasteiger partial charge in [-0.15, -0.1) is 17.2 Å². The zero-order valence-electron chi connectivity index (χ0n) is 34.9. The lowest BCUT2D eigenvalue weighted by Gasteiger charge is -2.35. The van der Waals surface area contributed by atoms with Gasteiger partial charge in [0.25, 0.3) is 0 Å². The van der Waals surface area contributed by atoms with E-state index in [2.05, 4.69) is 179 Å². The zero-order chi connectivity index (χ0) is 39.0. The van der Waals surface area contributed by atoms with Crippen molar-refractivity contribution in [1.82, 2.24) is 0 Å². The molecule has 0 aliphatic heterocycles. The molecule has 51 heavy (non-hydrogen) atoms. The van der Waals surface area contributed by atoms with Crippen LogP contribution in [0.2, 0.25) is 0 Å². The fraction of sp³-hybridized carbons (Fsp3) is 0.500. The molecule has 4 rings (SSSR count). The highest BCUT2D eigenvalue weighted by Crippen LogP contribution is 2.46. The highest BCUT2D eigenvalue weighted by atomic mass is 16.3. The monoisotopic (exact) mass is 687 g/mol. The zero-order valence-corrected chi connectivity index (χ0v) is 34.9. The SMILES string of the molecule is CC(C)(C)c1cc(-c2cc(-c3cc(C(C)(C)C)c([O-])c(C(C)(C)C)c3)cc(-c3cc(C(C)(C)C)c([O-])c(C(C)(C)C)c3)c2)cc(C(C)(C)C)c1[O-]. The highest BCUT2D eigenvalue weighted by Gasteiger charge is 2.27. The maximum Gasteiger partial charge on any atom is -0.0138 e. The molecule has 0 spiro atoms. The van der Waals surface area contributed by atoms with E-state index in [9.17, 15) is 15.3 Å². The number of rotatable bonds is 3. The molecule has 0 unspecified atom stereocenters. The predicted octanol–water partition coefficient (Wildman–Crippen LogP) is 11.7. The van der Waals surface area contributed by atoms with Gasteiger partial charge in [0.15, 0.2) is 0 Å². The Bertz CT molecular complexity index is 1600. The minimum absolute atomic E-state index is 0.0986. The second-order valence-electron chi connectivity index (χ2n) is 21.0. The van der Waals surface area contributed by atoms with E-state index in [1.807, 2.05) is 0 Å². The third-order valence-corrected chi connectivity index (χ3v) is 10.0. The Kier molecular flexibility index (Phi) is 10.0. The molecule has 4 aromatic carbocycles. The average molecular weight is 688 g/mol. The summed E-state index contributed by atoms with van der Waals surface area (Å²) in [7, 11) is 0. The Morgan fingerprint density at radius 1 is 0.235 bits per heavy atom. The first-order valence-corrected chi connectivity index (χ1v) is 18.6. The summed E-state index contributed by atoms with van der Waals surface area (Å²) in [4.78, 5) is 0. The van der Waals surface area contributed by atoms with E-state index in [0.29, 0.717) is 0 Å². The highest BCUT2D eigenvalue weighted by molar-refractivity contribution is 5.84. The van der Waals surface area contributed by atoms with Gasteiger partial charge in [0.05, 0.1) is 0 Å². The van der Waals surface area contributed by atoms with Crippen molar-refractivity contribution in [3.63, 3.8) is 0 Å². The Balaban J connectivity index is 2.24. The molecule has 3 nitrogen and oxygen atoms in total. The maximum atomic E-state index is 14.0. The van der Waals surface area contributed by atoms with Crippen LogP contribution in [0.1, 0.15) is 158 Å². The van der Waals surface area contributed by atoms with Crippen molar-refractivity contribution in [3.8, 4) is 50.6 Å². The summed E-state index contributed by atoms with van der Waals surface area (Å²) in [5.41, 5.74) is 8.52. The Hall–Kier alpha value is -3.72. The molecule has 0 bridgehead atoms. The van der Waals surface area contributed by atoms with Crippen LogP contribution in [0.3, 0.4) is 0 Å². The van der Waals surface area contributed by atoms with Crippen LogP contribution in [0.4, 0.5) is 0 Å². The van der Waals surface area contributed by atoms with E-state index in [4.69, 9.17) is 0 Å². The van der Waals surface area contributed by atoms with Gasteiger partial charge >= 0.3 is 0 Å². The number of benzene rings is 4. The first-order valence-electron chi connectivity index (χ1n) is 18.6. The van der Waals surface area contributed by atoms with Crippen LogP contribution in [0.15, 0.2) is 54.6 Å². The third-order valence-electron chi connectivity index (χ3n) is 10.0. The van der Waals surface area contributed by atoms with Crippen molar-refractivity contribution in [1.29, 1.82) is 0 Å². The van der Waals surface area contributed by atoms with Crippen molar-refractivity contribution >= 4 is 0 Å². The van der Waals surface area contributed by atoms with Crippen LogP contribution >= 0.6 is 0 Å². The van der Waals surface area contributed by atoms with Gasteiger partial charge in [-0.1, -0.05) is 161 Å². The molecule has 0 radical (unpaired) electrons. The van der Waals surface area contributed by atoms with Crippen LogP contribution in [-0.4, -0.2) is 0 Å². The summed E-state index contributed by atoms with van der Waals surface area (Å²) in [6, 6.07) is 19.1. The van der Waals surface area contributed by atoms with E-state index in [-0.39, 0.29) is 49.7 Å². The molecule has 276 valence electrons. The lowest BCUT2D eigenvalue weighted by Crippen LogP contribution is -2.21. The first-order chi connectivity index (χ1) is 22.8. The first kappa shape index (κ1) is 40.1. The Morgan fingerprint density at radius 3 is 0.471 bits per heavy atom. The van der Waals surface area contributed by atoms with Crippen LogP contribution in [0, 0.1) is 0 Å². The lowest BCUT2D eigenvalue weighted by atomic mass is 9.76. The minimum atomic E-state index is -0.353. The van der Waals surface area contributed by atoms with Gasteiger partial charge in [0.1, 0.15) is 0 Å². The van der Waals surface area contributed by atoms with Crippen LogP contribution < -0.4 is 15.3 Å². The van der Waals surface area contributed by atoms with Gasteiger partial charge in [-0.3, -0.25) is 0 Å². The molecule has 0 N–H and O–H groups in total. The number of hydrogen-bond donors (Lipinski definition) is 0. The summed E-state index contributed by atoms with van der Waals surface area (Å²) in [5.74, 6) is 0.296. The quantitative estimate of drug-likeness (QED) is 0.215. The summed E-state index contributed by atoms with van der Waals surface area (Å²) in [5, 5.41) is 41.9. The molecule has 0 atom stereocenters. The largest absolute Gasteiger partial charge is 0.872 e. The minimum Gasteiger partial charge on any atom is -0.872 e. The lowest BCUT2D eigenvalue weighted by molar-refractivity contribution is -0.272. The molecule has 0 amide bonds. The van der Waals surface area contributed by atoms with Gasteiger partial charge in [0, 0.05) is 0 Å². The third kappa shape index (κ3) is 8.34. The molecule has 0 saturated heterocycles. The average Bonchev–Trinajstić information content (AvgIpc) is 2.93. The summed E-state index contributed by atoms with van der Waals surface area (Å²) in [6.07, 6.45) is 0. The predicted molar refractivity (Wildman–Crippen MR) is 213 cm³/mol. The molecule has 0 saturated carbocycles. The summed E-state index contributed by atoms with van der Waals surface area (Å²) in [6.45, 7) is 37.8. The second kappa shape index (κ2) is 12.7. The van der Waals surface area contributed by atoms with Gasteiger partial charge in [-0.25, -0.2) is 0 Å². The fourth-order valence-corrected chi connectivity index (χ4v) is 6.86. The van der Waals surface area contributed by atoms with Crippen LogP contribution in [0.25, 0.3) is 33.4 Å². The molecule has 0 fully saturated rings. The summed E-state index contributed by atoms with van der Waals surface area (Å²) >= 11 is 0. The van der Waals surface area contributed by atoms with Crippen molar-refractivity contribution in [3.05, 3.63) is 88.0 Å². The maximum absolute atomic E-state index is 14.0. The molecular formula is C48H63O3-3. The molecule has 0 heterocycles. The van der Waals surface area contributed by atoms with Crippen LogP contribution in [-0.2, 0) is 32.5 Å². The van der Waals surface area contributed by atoms with Crippen molar-refractivity contribution < 1.29 is 15.3 Å². The molecule has 4 aromatic rings. The van der Waals surface area contributed by atoms with Crippen molar-refractivity contribution in [2.45, 2.75) is 157 Å². The van der Waals surface area contributed by atoms with Gasteiger partial charge in [-0.05, 0) is 117 Å². The molecule has 0 aromatic heterocycles. The van der Waals surface area contributed by atoms with Crippen molar-refractivity contribution in [2.24, 2.45) is 0 Å². The van der Waals surface area contributed by atoms with Gasteiger partial charge in [0.2, 0.25) is 0 Å². The fourth-order valence-electron chi connectivity index (χ4n) is 6.86. The van der Waals surface area contributed by atoms with Gasteiger partial charge < -0.3 is 15.3 Å².